The van der Waals surface area contributed by atoms with Crippen LogP contribution in [0, 0.1) is 0 Å². The normalized spacial score (nSPS) is 12.4. The lowest BCUT2D eigenvalue weighted by molar-refractivity contribution is -0.150. The highest BCUT2D eigenvalue weighted by Gasteiger charge is 2.14. The van der Waals surface area contributed by atoms with Crippen molar-refractivity contribution in [3.63, 3.8) is 0 Å². The average Bonchev–Trinajstić information content (AvgIpc) is 3.11. The van der Waals surface area contributed by atoms with Crippen LogP contribution in [0.1, 0.15) is 219 Å². The molecule has 0 heterocycles. The lowest BCUT2D eigenvalue weighted by atomic mass is 10.0. The van der Waals surface area contributed by atoms with E-state index < -0.39 is 5.97 Å². The third-order valence-corrected chi connectivity index (χ3v) is 9.53. The molecule has 0 aliphatic carbocycles. The van der Waals surface area contributed by atoms with Crippen LogP contribution in [0.15, 0.2) is 36.5 Å². The number of amides is 1. The van der Waals surface area contributed by atoms with Crippen molar-refractivity contribution in [2.75, 3.05) is 6.54 Å². The number of rotatable bonds is 39. The molecule has 6 nitrogen and oxygen atoms in total. The molecular weight excluding hydrogens is 634 g/mol. The molecule has 0 saturated carbocycles. The lowest BCUT2D eigenvalue weighted by Crippen LogP contribution is -2.28. The molecule has 0 aliphatic heterocycles. The van der Waals surface area contributed by atoms with E-state index in [4.69, 9.17) is 9.84 Å². The number of hydrogen-bond acceptors (Lipinski definition) is 4. The molecule has 0 aromatic rings. The number of nitrogens with one attached hydrogen (secondary N) is 1. The van der Waals surface area contributed by atoms with Crippen LogP contribution in [0.5, 0.6) is 0 Å². The van der Waals surface area contributed by atoms with Crippen LogP contribution in [0.3, 0.4) is 0 Å². The van der Waals surface area contributed by atoms with Crippen LogP contribution in [-0.2, 0) is 19.1 Å². The van der Waals surface area contributed by atoms with Gasteiger partial charge >= 0.3 is 11.9 Å². The van der Waals surface area contributed by atoms with Crippen LogP contribution in [0.25, 0.3) is 0 Å². The molecule has 1 amide bonds. The van der Waals surface area contributed by atoms with Crippen molar-refractivity contribution in [3.8, 4) is 0 Å². The van der Waals surface area contributed by atoms with E-state index in [1.807, 2.05) is 0 Å². The van der Waals surface area contributed by atoms with Gasteiger partial charge in [0.1, 0.15) is 12.6 Å². The summed E-state index contributed by atoms with van der Waals surface area (Å²) < 4.78 is 6.00. The van der Waals surface area contributed by atoms with E-state index in [1.54, 1.807) is 0 Å². The molecule has 0 fully saturated rings. The molecule has 0 aliphatic rings. The van der Waals surface area contributed by atoms with Gasteiger partial charge in [-0.3, -0.25) is 14.4 Å². The zero-order valence-corrected chi connectivity index (χ0v) is 33.5. The van der Waals surface area contributed by atoms with Crippen LogP contribution in [0.2, 0.25) is 0 Å². The quantitative estimate of drug-likeness (QED) is 0.0375. The first-order valence-corrected chi connectivity index (χ1v) is 21.6. The zero-order chi connectivity index (χ0) is 37.3. The molecule has 0 rings (SSSR count). The fourth-order valence-electron chi connectivity index (χ4n) is 6.31. The molecule has 0 spiro atoms. The maximum Gasteiger partial charge on any atom is 0.322 e. The van der Waals surface area contributed by atoms with Crippen LogP contribution < -0.4 is 5.32 Å². The Labute approximate surface area is 315 Å². The number of unbranched alkanes of at least 4 members (excludes halogenated alkanes) is 22. The maximum atomic E-state index is 12.7. The highest BCUT2D eigenvalue weighted by Crippen LogP contribution is 2.18. The Morgan fingerprint density at radius 3 is 1.45 bits per heavy atom. The van der Waals surface area contributed by atoms with Gasteiger partial charge in [-0.2, -0.15) is 0 Å². The van der Waals surface area contributed by atoms with Crippen molar-refractivity contribution in [2.24, 2.45) is 0 Å². The first-order chi connectivity index (χ1) is 25.0. The molecule has 0 bridgehead atoms. The monoisotopic (exact) mass is 716 g/mol. The fourth-order valence-corrected chi connectivity index (χ4v) is 6.31. The van der Waals surface area contributed by atoms with Crippen LogP contribution >= 0.6 is 0 Å². The summed E-state index contributed by atoms with van der Waals surface area (Å²) >= 11 is 0. The second kappa shape index (κ2) is 40.4. The summed E-state index contributed by atoms with van der Waals surface area (Å²) in [5.74, 6) is -1.27. The predicted molar refractivity (Wildman–Crippen MR) is 217 cm³/mol. The van der Waals surface area contributed by atoms with Gasteiger partial charge in [-0.25, -0.2) is 0 Å². The van der Waals surface area contributed by atoms with E-state index in [9.17, 15) is 14.4 Å². The molecule has 1 unspecified atom stereocenters. The number of allylic oxidation sites excluding steroid dienone is 6. The van der Waals surface area contributed by atoms with E-state index in [0.29, 0.717) is 12.8 Å². The largest absolute Gasteiger partial charge is 0.480 e. The Balaban J connectivity index is 4.24. The molecule has 296 valence electrons. The molecular formula is C45H81NO5. The molecule has 0 saturated heterocycles. The topological polar surface area (TPSA) is 92.7 Å². The fraction of sp³-hybridized carbons (Fsp3) is 0.800. The lowest BCUT2D eigenvalue weighted by Gasteiger charge is -2.18. The van der Waals surface area contributed by atoms with Gasteiger partial charge in [-0.1, -0.05) is 153 Å². The summed E-state index contributed by atoms with van der Waals surface area (Å²) in [6.07, 6.45) is 49.8. The SMILES string of the molecule is CCCCCCC/C=C\C/C=C\CCCC(CCCCCCCC(=O)NCC(=O)O)OC(=O)CCCCCCC/C=C\CCCCCCCCC. The van der Waals surface area contributed by atoms with E-state index in [1.165, 1.54) is 116 Å². The van der Waals surface area contributed by atoms with Crippen molar-refractivity contribution >= 4 is 17.8 Å². The maximum absolute atomic E-state index is 12.7. The van der Waals surface area contributed by atoms with Gasteiger partial charge < -0.3 is 15.2 Å². The molecule has 0 radical (unpaired) electrons. The van der Waals surface area contributed by atoms with Crippen LogP contribution in [-0.4, -0.2) is 35.6 Å². The number of carbonyl (C=O) groups is 3. The summed E-state index contributed by atoms with van der Waals surface area (Å²) in [5.41, 5.74) is 0. The van der Waals surface area contributed by atoms with E-state index in [2.05, 4.69) is 55.6 Å². The summed E-state index contributed by atoms with van der Waals surface area (Å²) in [7, 11) is 0. The van der Waals surface area contributed by atoms with E-state index in [-0.39, 0.29) is 24.5 Å². The van der Waals surface area contributed by atoms with Gasteiger partial charge in [0.25, 0.3) is 0 Å². The van der Waals surface area contributed by atoms with Crippen molar-refractivity contribution in [3.05, 3.63) is 36.5 Å². The second-order valence-electron chi connectivity index (χ2n) is 14.6. The summed E-state index contributed by atoms with van der Waals surface area (Å²) in [5, 5.41) is 11.1. The summed E-state index contributed by atoms with van der Waals surface area (Å²) in [6.45, 7) is 4.21. The summed E-state index contributed by atoms with van der Waals surface area (Å²) in [4.78, 5) is 35.0. The number of aliphatic carboxylic acids is 1. The summed E-state index contributed by atoms with van der Waals surface area (Å²) in [6, 6.07) is 0. The smallest absolute Gasteiger partial charge is 0.322 e. The van der Waals surface area contributed by atoms with Crippen molar-refractivity contribution in [1.29, 1.82) is 0 Å². The number of carboxylic acids is 1. The number of carbonyl (C=O) groups excluding carboxylic acids is 2. The molecule has 51 heavy (non-hydrogen) atoms. The van der Waals surface area contributed by atoms with Crippen molar-refractivity contribution in [2.45, 2.75) is 225 Å². The van der Waals surface area contributed by atoms with Gasteiger partial charge in [0.2, 0.25) is 5.91 Å². The van der Waals surface area contributed by atoms with Crippen LogP contribution in [0.4, 0.5) is 0 Å². The molecule has 0 aromatic heterocycles. The van der Waals surface area contributed by atoms with Crippen molar-refractivity contribution < 1.29 is 24.2 Å². The first-order valence-electron chi connectivity index (χ1n) is 21.6. The molecule has 2 N–H and O–H groups in total. The second-order valence-corrected chi connectivity index (χ2v) is 14.6. The number of esters is 1. The Bertz CT molecular complexity index is 880. The third kappa shape index (κ3) is 40.3. The number of hydrogen-bond donors (Lipinski definition) is 2. The highest BCUT2D eigenvalue weighted by atomic mass is 16.5. The van der Waals surface area contributed by atoms with Gasteiger partial charge in [0, 0.05) is 12.8 Å². The number of ether oxygens (including phenoxy) is 1. The van der Waals surface area contributed by atoms with Gasteiger partial charge in [0.15, 0.2) is 0 Å². The minimum atomic E-state index is -1.02. The Morgan fingerprint density at radius 1 is 0.510 bits per heavy atom. The Morgan fingerprint density at radius 2 is 0.922 bits per heavy atom. The Hall–Kier alpha value is -2.37. The minimum Gasteiger partial charge on any atom is -0.480 e. The molecule has 0 aromatic carbocycles. The third-order valence-electron chi connectivity index (χ3n) is 9.53. The van der Waals surface area contributed by atoms with E-state index >= 15 is 0 Å². The van der Waals surface area contributed by atoms with Gasteiger partial charge in [-0.15, -0.1) is 0 Å². The Kier molecular flexibility index (Phi) is 38.5. The standard InChI is InChI=1S/C45H81NO5/c1-3-5-7-9-11-13-15-17-18-19-21-23-25-27-32-36-40-45(50)51-42(38-34-30-28-31-35-39-43(47)46-41-44(48)49)37-33-29-26-24-22-20-16-14-12-10-8-6-4-2/h16,18-20,24,26,42H,3-15,17,21-23,25,27-41H2,1-2H3,(H,46,47)(H,48,49)/b19-18-,20-16-,26-24-. The van der Waals surface area contributed by atoms with Gasteiger partial charge in [-0.05, 0) is 89.9 Å². The molecule has 1 atom stereocenters. The highest BCUT2D eigenvalue weighted by molar-refractivity contribution is 5.80. The predicted octanol–water partition coefficient (Wildman–Crippen LogP) is 13.3. The number of carboxylic acid groups (broad SMARTS) is 1. The van der Waals surface area contributed by atoms with Crippen molar-refractivity contribution in [1.82, 2.24) is 5.32 Å². The zero-order valence-electron chi connectivity index (χ0n) is 33.5. The average molecular weight is 716 g/mol. The van der Waals surface area contributed by atoms with Gasteiger partial charge in [0.05, 0.1) is 0 Å². The minimum absolute atomic E-state index is 0.0202. The van der Waals surface area contributed by atoms with E-state index in [0.717, 1.165) is 77.0 Å². The molecule has 6 heteroatoms. The first kappa shape index (κ1) is 48.6.